The summed E-state index contributed by atoms with van der Waals surface area (Å²) < 4.78 is 13.1. The average molecular weight is 244 g/mol. The Morgan fingerprint density at radius 2 is 2.28 bits per heavy atom. The van der Waals surface area contributed by atoms with Crippen LogP contribution in [0.1, 0.15) is 12.5 Å². The zero-order valence-corrected chi connectivity index (χ0v) is 10.7. The number of hydrazone groups is 1. The molecule has 0 radical (unpaired) electrons. The second kappa shape index (κ2) is 5.17. The first-order valence-electron chi connectivity index (χ1n) is 6.01. The summed E-state index contributed by atoms with van der Waals surface area (Å²) in [4.78, 5) is 0. The van der Waals surface area contributed by atoms with Crippen molar-refractivity contribution in [3.63, 3.8) is 0 Å². The molecule has 1 aromatic rings. The van der Waals surface area contributed by atoms with E-state index in [9.17, 15) is 4.39 Å². The van der Waals surface area contributed by atoms with Crippen molar-refractivity contribution >= 4 is 11.9 Å². The van der Waals surface area contributed by atoms with E-state index in [2.05, 4.69) is 18.6 Å². The summed E-state index contributed by atoms with van der Waals surface area (Å²) in [6.07, 6.45) is 5.71. The predicted octanol–water partition coefficient (Wildman–Crippen LogP) is 3.69. The van der Waals surface area contributed by atoms with E-state index in [1.165, 1.54) is 17.7 Å². The van der Waals surface area contributed by atoms with Gasteiger partial charge in [0, 0.05) is 6.21 Å². The van der Waals surface area contributed by atoms with Crippen LogP contribution in [0.4, 0.5) is 10.1 Å². The Kier molecular flexibility index (Phi) is 3.60. The van der Waals surface area contributed by atoms with Crippen molar-refractivity contribution < 1.29 is 4.39 Å². The third-order valence-electron chi connectivity index (χ3n) is 3.20. The van der Waals surface area contributed by atoms with Crippen LogP contribution in [-0.2, 0) is 0 Å². The molecule has 0 fully saturated rings. The average Bonchev–Trinajstić information content (AvgIpc) is 2.38. The quantitative estimate of drug-likeness (QED) is 0.740. The Bertz CT molecular complexity index is 517. The Hall–Kier alpha value is -1.90. The molecule has 0 saturated heterocycles. The van der Waals surface area contributed by atoms with Crippen LogP contribution in [0.2, 0.25) is 0 Å². The van der Waals surface area contributed by atoms with Crippen molar-refractivity contribution in [2.75, 3.05) is 11.6 Å². The van der Waals surface area contributed by atoms with Crippen LogP contribution in [0.15, 0.2) is 47.6 Å². The van der Waals surface area contributed by atoms with Crippen LogP contribution < -0.4 is 5.01 Å². The van der Waals surface area contributed by atoms with Gasteiger partial charge in [-0.25, -0.2) is 4.39 Å². The first-order valence-corrected chi connectivity index (χ1v) is 6.01. The van der Waals surface area contributed by atoms with Crippen LogP contribution in [0.5, 0.6) is 0 Å². The largest absolute Gasteiger partial charge is 0.261 e. The molecule has 2 nitrogen and oxygen atoms in total. The lowest BCUT2D eigenvalue weighted by Gasteiger charge is -2.26. The number of benzene rings is 1. The molecule has 3 heteroatoms. The second-order valence-electron chi connectivity index (χ2n) is 4.52. The number of aryl methyl sites for hydroxylation is 1. The fraction of sp³-hybridized carbons (Fsp3) is 0.267. The minimum atomic E-state index is -0.215. The summed E-state index contributed by atoms with van der Waals surface area (Å²) in [7, 11) is 0. The van der Waals surface area contributed by atoms with Gasteiger partial charge in [0.15, 0.2) is 0 Å². The van der Waals surface area contributed by atoms with Crippen LogP contribution in [0.3, 0.4) is 0 Å². The molecule has 0 spiro atoms. The summed E-state index contributed by atoms with van der Waals surface area (Å²) in [5.41, 5.74) is 3.08. The molecular weight excluding hydrogens is 227 g/mol. The monoisotopic (exact) mass is 244 g/mol. The zero-order chi connectivity index (χ0) is 13.1. The van der Waals surface area contributed by atoms with Crippen molar-refractivity contribution in [2.24, 2.45) is 11.0 Å². The smallest absolute Gasteiger partial charge is 0.123 e. The maximum atomic E-state index is 13.1. The molecule has 1 aliphatic rings. The van der Waals surface area contributed by atoms with Crippen LogP contribution >= 0.6 is 0 Å². The minimum Gasteiger partial charge on any atom is -0.261 e. The Balaban J connectivity index is 2.24. The molecule has 94 valence electrons. The fourth-order valence-electron chi connectivity index (χ4n) is 1.98. The number of rotatable bonds is 3. The van der Waals surface area contributed by atoms with Gasteiger partial charge in [0.05, 0.1) is 12.2 Å². The molecular formula is C15H17FN2. The molecule has 0 saturated carbocycles. The number of hydrogen-bond acceptors (Lipinski definition) is 2. The topological polar surface area (TPSA) is 15.6 Å². The van der Waals surface area contributed by atoms with E-state index in [-0.39, 0.29) is 5.82 Å². The maximum absolute atomic E-state index is 13.1. The predicted molar refractivity (Wildman–Crippen MR) is 74.4 cm³/mol. The summed E-state index contributed by atoms with van der Waals surface area (Å²) in [5, 5.41) is 6.23. The molecule has 2 rings (SSSR count). The van der Waals surface area contributed by atoms with E-state index in [4.69, 9.17) is 0 Å². The first kappa shape index (κ1) is 12.6. The molecule has 1 unspecified atom stereocenters. The Morgan fingerprint density at radius 1 is 1.50 bits per heavy atom. The number of allylic oxidation sites excluding steroid dienone is 2. The molecule has 0 bridgehead atoms. The van der Waals surface area contributed by atoms with Gasteiger partial charge in [0.25, 0.3) is 0 Å². The van der Waals surface area contributed by atoms with Gasteiger partial charge >= 0.3 is 0 Å². The highest BCUT2D eigenvalue weighted by molar-refractivity contribution is 5.76. The minimum absolute atomic E-state index is 0.215. The molecule has 1 heterocycles. The maximum Gasteiger partial charge on any atom is 0.123 e. The summed E-state index contributed by atoms with van der Waals surface area (Å²) in [6, 6.07) is 4.76. The van der Waals surface area contributed by atoms with Gasteiger partial charge in [-0.3, -0.25) is 5.01 Å². The lowest BCUT2D eigenvalue weighted by atomic mass is 10.00. The van der Waals surface area contributed by atoms with E-state index in [0.717, 1.165) is 17.8 Å². The van der Waals surface area contributed by atoms with Crippen molar-refractivity contribution in [1.29, 1.82) is 0 Å². The Labute approximate surface area is 107 Å². The third kappa shape index (κ3) is 2.50. The van der Waals surface area contributed by atoms with Gasteiger partial charge in [-0.15, -0.1) is 6.58 Å². The molecule has 0 amide bonds. The molecule has 18 heavy (non-hydrogen) atoms. The number of hydrogen-bond donors (Lipinski definition) is 0. The highest BCUT2D eigenvalue weighted by Gasteiger charge is 2.15. The Morgan fingerprint density at radius 3 is 2.94 bits per heavy atom. The number of anilines is 1. The van der Waals surface area contributed by atoms with E-state index in [1.807, 2.05) is 24.1 Å². The molecule has 0 aromatic heterocycles. The number of nitrogens with zero attached hydrogens (tertiary/aromatic N) is 2. The molecule has 1 aromatic carbocycles. The van der Waals surface area contributed by atoms with Crippen molar-refractivity contribution in [2.45, 2.75) is 13.8 Å². The first-order chi connectivity index (χ1) is 8.61. The van der Waals surface area contributed by atoms with E-state index in [1.54, 1.807) is 12.3 Å². The van der Waals surface area contributed by atoms with Crippen LogP contribution in [0, 0.1) is 18.7 Å². The third-order valence-corrected chi connectivity index (χ3v) is 3.20. The SMILES string of the molecule is C=CC(C)C1=CC=NN(c2ccc(F)cc2C)C1. The van der Waals surface area contributed by atoms with Crippen molar-refractivity contribution in [3.8, 4) is 0 Å². The van der Waals surface area contributed by atoms with Gasteiger partial charge in [0.1, 0.15) is 5.82 Å². The lowest BCUT2D eigenvalue weighted by Crippen LogP contribution is -2.25. The fourth-order valence-corrected chi connectivity index (χ4v) is 1.98. The lowest BCUT2D eigenvalue weighted by molar-refractivity contribution is 0.626. The molecule has 0 aliphatic carbocycles. The van der Waals surface area contributed by atoms with E-state index < -0.39 is 0 Å². The van der Waals surface area contributed by atoms with E-state index >= 15 is 0 Å². The number of halogens is 1. The van der Waals surface area contributed by atoms with Gasteiger partial charge in [0.2, 0.25) is 0 Å². The summed E-state index contributed by atoms with van der Waals surface area (Å²) in [6.45, 7) is 8.52. The van der Waals surface area contributed by atoms with Crippen LogP contribution in [0.25, 0.3) is 0 Å². The second-order valence-corrected chi connectivity index (χ2v) is 4.52. The molecule has 0 N–H and O–H groups in total. The summed E-state index contributed by atoms with van der Waals surface area (Å²) in [5.74, 6) is 0.104. The highest BCUT2D eigenvalue weighted by Crippen LogP contribution is 2.25. The normalized spacial score (nSPS) is 16.4. The van der Waals surface area contributed by atoms with Gasteiger partial charge in [-0.05, 0) is 48.3 Å². The zero-order valence-electron chi connectivity index (χ0n) is 10.7. The molecule has 1 aliphatic heterocycles. The van der Waals surface area contributed by atoms with Crippen molar-refractivity contribution in [1.82, 2.24) is 0 Å². The van der Waals surface area contributed by atoms with E-state index in [0.29, 0.717) is 5.92 Å². The summed E-state index contributed by atoms with van der Waals surface area (Å²) >= 11 is 0. The van der Waals surface area contributed by atoms with Crippen LogP contribution in [-0.4, -0.2) is 12.8 Å². The molecule has 1 atom stereocenters. The van der Waals surface area contributed by atoms with Gasteiger partial charge in [-0.1, -0.05) is 13.0 Å². The van der Waals surface area contributed by atoms with Gasteiger partial charge < -0.3 is 0 Å². The van der Waals surface area contributed by atoms with Gasteiger partial charge in [-0.2, -0.15) is 5.10 Å². The highest BCUT2D eigenvalue weighted by atomic mass is 19.1. The standard InChI is InChI=1S/C15H17FN2/c1-4-11(2)13-7-8-17-18(10-13)15-6-5-14(16)9-12(15)3/h4-9,11H,1,10H2,2-3H3. The van der Waals surface area contributed by atoms with Crippen molar-refractivity contribution in [3.05, 3.63) is 53.9 Å².